The topological polar surface area (TPSA) is 72.9 Å². The van der Waals surface area contributed by atoms with E-state index >= 15 is 0 Å². The van der Waals surface area contributed by atoms with Crippen molar-refractivity contribution >= 4 is 11.9 Å². The summed E-state index contributed by atoms with van der Waals surface area (Å²) < 4.78 is 0. The fourth-order valence-electron chi connectivity index (χ4n) is 2.53. The molecule has 0 aromatic carbocycles. The average Bonchev–Trinajstić information content (AvgIpc) is 2.41. The first-order chi connectivity index (χ1) is 9.08. The molecule has 2 N–H and O–H groups in total. The Labute approximate surface area is 113 Å². The van der Waals surface area contributed by atoms with Crippen molar-refractivity contribution in [3.8, 4) is 0 Å². The summed E-state index contributed by atoms with van der Waals surface area (Å²) in [6, 6.07) is 0. The van der Waals surface area contributed by atoms with Crippen LogP contribution in [-0.2, 0) is 9.59 Å². The van der Waals surface area contributed by atoms with Crippen LogP contribution in [0.15, 0.2) is 12.2 Å². The molecule has 6 nitrogen and oxygen atoms in total. The number of carboxylic acid groups (broad SMARTS) is 1. The normalized spacial score (nSPS) is 29.1. The molecule has 1 fully saturated rings. The predicted octanol–water partition coefficient (Wildman–Crippen LogP) is -0.0680. The zero-order valence-electron chi connectivity index (χ0n) is 11.2. The van der Waals surface area contributed by atoms with Gasteiger partial charge in [0.15, 0.2) is 0 Å². The molecule has 0 aromatic rings. The number of nitrogens with one attached hydrogen (secondary N) is 1. The third kappa shape index (κ3) is 3.54. The lowest BCUT2D eigenvalue weighted by Gasteiger charge is -2.34. The monoisotopic (exact) mass is 267 g/mol. The summed E-state index contributed by atoms with van der Waals surface area (Å²) in [6.45, 7) is 3.38. The summed E-state index contributed by atoms with van der Waals surface area (Å²) in [6.07, 6.45) is 4.69. The van der Waals surface area contributed by atoms with Crippen molar-refractivity contribution in [2.75, 3.05) is 33.2 Å². The zero-order valence-corrected chi connectivity index (χ0v) is 11.2. The summed E-state index contributed by atoms with van der Waals surface area (Å²) in [5.74, 6) is -2.11. The number of amides is 1. The Kier molecular flexibility index (Phi) is 4.55. The molecule has 2 atom stereocenters. The number of hydrogen-bond donors (Lipinski definition) is 2. The maximum Gasteiger partial charge on any atom is 0.307 e. The van der Waals surface area contributed by atoms with Crippen LogP contribution < -0.4 is 5.43 Å². The molecule has 0 unspecified atom stereocenters. The van der Waals surface area contributed by atoms with Crippen LogP contribution in [0, 0.1) is 11.8 Å². The zero-order chi connectivity index (χ0) is 13.8. The summed E-state index contributed by atoms with van der Waals surface area (Å²) in [5, 5.41) is 11.1. The van der Waals surface area contributed by atoms with E-state index in [1.807, 2.05) is 24.2 Å². The number of nitrogens with zero attached hydrogens (tertiary/aromatic N) is 2. The van der Waals surface area contributed by atoms with Crippen LogP contribution in [0.3, 0.4) is 0 Å². The second kappa shape index (κ2) is 6.16. The first-order valence-electron chi connectivity index (χ1n) is 6.69. The molecule has 6 heteroatoms. The maximum absolute atomic E-state index is 12.2. The van der Waals surface area contributed by atoms with E-state index in [2.05, 4.69) is 10.3 Å². The summed E-state index contributed by atoms with van der Waals surface area (Å²) >= 11 is 0. The molecule has 1 heterocycles. The Bertz CT molecular complexity index is 375. The lowest BCUT2D eigenvalue weighted by molar-refractivity contribution is -0.148. The second-order valence-electron chi connectivity index (χ2n) is 5.26. The van der Waals surface area contributed by atoms with Crippen LogP contribution >= 0.6 is 0 Å². The van der Waals surface area contributed by atoms with Gasteiger partial charge in [-0.05, 0) is 19.9 Å². The van der Waals surface area contributed by atoms with E-state index < -0.39 is 17.8 Å². The van der Waals surface area contributed by atoms with E-state index in [-0.39, 0.29) is 5.91 Å². The smallest absolute Gasteiger partial charge is 0.307 e. The van der Waals surface area contributed by atoms with Crippen LogP contribution in [0.4, 0.5) is 0 Å². The van der Waals surface area contributed by atoms with E-state index in [9.17, 15) is 9.59 Å². The minimum absolute atomic E-state index is 0.165. The molecule has 106 valence electrons. The molecule has 1 aliphatic heterocycles. The molecule has 2 aliphatic rings. The number of carbonyl (C=O) groups excluding carboxylic acids is 1. The van der Waals surface area contributed by atoms with Crippen molar-refractivity contribution in [3.05, 3.63) is 12.2 Å². The average molecular weight is 267 g/mol. The lowest BCUT2D eigenvalue weighted by Crippen LogP contribution is -2.54. The van der Waals surface area contributed by atoms with E-state index in [0.29, 0.717) is 12.8 Å². The van der Waals surface area contributed by atoms with Crippen LogP contribution in [0.25, 0.3) is 0 Å². The highest BCUT2D eigenvalue weighted by molar-refractivity contribution is 5.85. The Balaban J connectivity index is 1.91. The van der Waals surface area contributed by atoms with E-state index in [1.54, 1.807) is 0 Å². The third-order valence-corrected chi connectivity index (χ3v) is 3.86. The molecule has 0 saturated carbocycles. The summed E-state index contributed by atoms with van der Waals surface area (Å²) in [4.78, 5) is 25.6. The standard InChI is InChI=1S/C13H21N3O3/c1-15-6-8-16(9-7-15)14-12(17)10-4-2-3-5-11(10)13(18)19/h2-3,10-11H,4-9H2,1H3,(H,14,17)(H,18,19)/t10-,11-/m1/s1. The predicted molar refractivity (Wildman–Crippen MR) is 70.2 cm³/mol. The second-order valence-corrected chi connectivity index (χ2v) is 5.26. The number of carboxylic acids is 1. The fraction of sp³-hybridized carbons (Fsp3) is 0.692. The molecular weight excluding hydrogens is 246 g/mol. The highest BCUT2D eigenvalue weighted by Gasteiger charge is 2.34. The highest BCUT2D eigenvalue weighted by atomic mass is 16.4. The van der Waals surface area contributed by atoms with Gasteiger partial charge in [0, 0.05) is 26.2 Å². The van der Waals surface area contributed by atoms with Crippen LogP contribution in [-0.4, -0.2) is 60.1 Å². The number of rotatable bonds is 3. The number of hydrogen-bond acceptors (Lipinski definition) is 4. The minimum Gasteiger partial charge on any atom is -0.481 e. The van der Waals surface area contributed by atoms with Crippen molar-refractivity contribution in [1.82, 2.24) is 15.3 Å². The van der Waals surface area contributed by atoms with Crippen molar-refractivity contribution < 1.29 is 14.7 Å². The van der Waals surface area contributed by atoms with Gasteiger partial charge in [0.25, 0.3) is 0 Å². The highest BCUT2D eigenvalue weighted by Crippen LogP contribution is 2.26. The number of carbonyl (C=O) groups is 2. The van der Waals surface area contributed by atoms with Crippen molar-refractivity contribution in [2.24, 2.45) is 11.8 Å². The molecule has 0 spiro atoms. The van der Waals surface area contributed by atoms with Gasteiger partial charge in [-0.15, -0.1) is 0 Å². The van der Waals surface area contributed by atoms with Gasteiger partial charge in [-0.1, -0.05) is 12.2 Å². The molecule has 2 rings (SSSR count). The molecule has 0 bridgehead atoms. The Morgan fingerprint density at radius 3 is 2.26 bits per heavy atom. The van der Waals surface area contributed by atoms with Gasteiger partial charge in [-0.2, -0.15) is 0 Å². The SMILES string of the molecule is CN1CCN(NC(=O)[C@@H]2CC=CC[C@H]2C(=O)O)CC1. The number of hydrazine groups is 1. The number of aliphatic carboxylic acids is 1. The van der Waals surface area contributed by atoms with E-state index in [4.69, 9.17) is 5.11 Å². The first-order valence-corrected chi connectivity index (χ1v) is 6.69. The molecule has 1 amide bonds. The molecule has 0 aromatic heterocycles. The van der Waals surface area contributed by atoms with Crippen LogP contribution in [0.5, 0.6) is 0 Å². The molecular formula is C13H21N3O3. The quantitative estimate of drug-likeness (QED) is 0.700. The largest absolute Gasteiger partial charge is 0.481 e. The number of piperazine rings is 1. The third-order valence-electron chi connectivity index (χ3n) is 3.86. The summed E-state index contributed by atoms with van der Waals surface area (Å²) in [5.41, 5.74) is 2.86. The van der Waals surface area contributed by atoms with E-state index in [0.717, 1.165) is 26.2 Å². The van der Waals surface area contributed by atoms with Gasteiger partial charge in [0.05, 0.1) is 11.8 Å². The van der Waals surface area contributed by atoms with Crippen LogP contribution in [0.1, 0.15) is 12.8 Å². The molecule has 19 heavy (non-hydrogen) atoms. The first kappa shape index (κ1) is 14.0. The fourth-order valence-corrected chi connectivity index (χ4v) is 2.53. The Morgan fingerprint density at radius 1 is 1.11 bits per heavy atom. The summed E-state index contributed by atoms with van der Waals surface area (Å²) in [7, 11) is 2.05. The number of allylic oxidation sites excluding steroid dienone is 2. The van der Waals surface area contributed by atoms with Crippen molar-refractivity contribution in [1.29, 1.82) is 0 Å². The Morgan fingerprint density at radius 2 is 1.68 bits per heavy atom. The van der Waals surface area contributed by atoms with Crippen molar-refractivity contribution in [3.63, 3.8) is 0 Å². The van der Waals surface area contributed by atoms with Gasteiger partial charge >= 0.3 is 5.97 Å². The van der Waals surface area contributed by atoms with Gasteiger partial charge in [-0.3, -0.25) is 15.0 Å². The van der Waals surface area contributed by atoms with Gasteiger partial charge < -0.3 is 10.0 Å². The maximum atomic E-state index is 12.2. The molecule has 1 saturated heterocycles. The van der Waals surface area contributed by atoms with Gasteiger partial charge in [-0.25, -0.2) is 5.01 Å². The minimum atomic E-state index is -0.886. The Hall–Kier alpha value is -1.40. The van der Waals surface area contributed by atoms with Crippen molar-refractivity contribution in [2.45, 2.75) is 12.8 Å². The van der Waals surface area contributed by atoms with Gasteiger partial charge in [0.1, 0.15) is 0 Å². The van der Waals surface area contributed by atoms with Crippen LogP contribution in [0.2, 0.25) is 0 Å². The number of likely N-dealkylation sites (N-methyl/N-ethyl adjacent to an activating group) is 1. The lowest BCUT2D eigenvalue weighted by atomic mass is 9.82. The van der Waals surface area contributed by atoms with E-state index in [1.165, 1.54) is 0 Å². The van der Waals surface area contributed by atoms with Gasteiger partial charge in [0.2, 0.25) is 5.91 Å². The molecule has 1 aliphatic carbocycles. The molecule has 0 radical (unpaired) electrons.